The summed E-state index contributed by atoms with van der Waals surface area (Å²) >= 11 is 0. The van der Waals surface area contributed by atoms with Gasteiger partial charge in [0.25, 0.3) is 0 Å². The lowest BCUT2D eigenvalue weighted by Gasteiger charge is -1.91. The minimum Gasteiger partial charge on any atom is -0.456 e. The maximum absolute atomic E-state index is 5.43. The van der Waals surface area contributed by atoms with Gasteiger partial charge < -0.3 is 20.3 Å². The van der Waals surface area contributed by atoms with E-state index in [2.05, 4.69) is 0 Å². The maximum atomic E-state index is 5.43. The van der Waals surface area contributed by atoms with Crippen LogP contribution in [0.5, 0.6) is 0 Å². The van der Waals surface area contributed by atoms with Crippen LogP contribution in [0.15, 0.2) is 33.1 Å². The average Bonchev–Trinajstić information content (AvgIpc) is 2.86. The third-order valence-corrected chi connectivity index (χ3v) is 1.97. The molecule has 2 aromatic heterocycles. The van der Waals surface area contributed by atoms with Crippen LogP contribution < -0.4 is 11.5 Å². The van der Waals surface area contributed by atoms with Crippen LogP contribution in [0.3, 0.4) is 0 Å². The minimum atomic E-state index is 0.393. The van der Waals surface area contributed by atoms with E-state index in [1.165, 1.54) is 0 Å². The summed E-state index contributed by atoms with van der Waals surface area (Å²) < 4.78 is 10.8. The lowest BCUT2D eigenvalue weighted by molar-refractivity contribution is 0.476. The van der Waals surface area contributed by atoms with Crippen molar-refractivity contribution in [3.05, 3.63) is 35.8 Å². The van der Waals surface area contributed by atoms with Crippen molar-refractivity contribution in [3.8, 4) is 11.5 Å². The molecule has 0 aliphatic heterocycles. The van der Waals surface area contributed by atoms with E-state index in [1.807, 2.05) is 24.3 Å². The van der Waals surface area contributed by atoms with Crippen LogP contribution in [-0.4, -0.2) is 0 Å². The van der Waals surface area contributed by atoms with E-state index in [0.717, 1.165) is 11.5 Å². The molecular formula is C10H12N2O2. The van der Waals surface area contributed by atoms with Crippen LogP contribution in [0, 0.1) is 0 Å². The predicted octanol–water partition coefficient (Wildman–Crippen LogP) is 1.46. The molecule has 4 N–H and O–H groups in total. The summed E-state index contributed by atoms with van der Waals surface area (Å²) in [5, 5.41) is 0. The van der Waals surface area contributed by atoms with E-state index in [0.29, 0.717) is 24.6 Å². The highest BCUT2D eigenvalue weighted by Gasteiger charge is 2.07. The van der Waals surface area contributed by atoms with Gasteiger partial charge in [-0.15, -0.1) is 0 Å². The van der Waals surface area contributed by atoms with Crippen molar-refractivity contribution >= 4 is 0 Å². The molecule has 0 atom stereocenters. The molecule has 0 aliphatic rings. The molecule has 0 aliphatic carbocycles. The number of hydrogen-bond donors (Lipinski definition) is 2. The van der Waals surface area contributed by atoms with Crippen molar-refractivity contribution in [3.63, 3.8) is 0 Å². The maximum Gasteiger partial charge on any atom is 0.169 e. The van der Waals surface area contributed by atoms with E-state index in [4.69, 9.17) is 20.3 Å². The summed E-state index contributed by atoms with van der Waals surface area (Å²) in [6.45, 7) is 0.787. The standard InChI is InChI=1S/C10H12N2O2/c11-5-7-1-3-9(13-7)10-4-2-8(6-12)14-10/h1-4H,5-6,11-12H2. The van der Waals surface area contributed by atoms with Crippen LogP contribution in [0.2, 0.25) is 0 Å². The Morgan fingerprint density at radius 2 is 1.21 bits per heavy atom. The topological polar surface area (TPSA) is 78.3 Å². The molecule has 2 aromatic rings. The predicted molar refractivity (Wildman–Crippen MR) is 52.2 cm³/mol. The summed E-state index contributed by atoms with van der Waals surface area (Å²) in [5.41, 5.74) is 10.9. The van der Waals surface area contributed by atoms with Gasteiger partial charge in [0.15, 0.2) is 11.5 Å². The van der Waals surface area contributed by atoms with Crippen molar-refractivity contribution in [2.45, 2.75) is 13.1 Å². The van der Waals surface area contributed by atoms with Crippen LogP contribution in [0.1, 0.15) is 11.5 Å². The Morgan fingerprint density at radius 3 is 1.50 bits per heavy atom. The Balaban J connectivity index is 2.29. The van der Waals surface area contributed by atoms with Gasteiger partial charge in [0.05, 0.1) is 13.1 Å². The molecule has 14 heavy (non-hydrogen) atoms. The third kappa shape index (κ3) is 1.57. The molecule has 4 nitrogen and oxygen atoms in total. The van der Waals surface area contributed by atoms with Crippen LogP contribution >= 0.6 is 0 Å². The number of hydrogen-bond acceptors (Lipinski definition) is 4. The van der Waals surface area contributed by atoms with Gasteiger partial charge in [-0.3, -0.25) is 0 Å². The first-order valence-corrected chi connectivity index (χ1v) is 4.41. The van der Waals surface area contributed by atoms with Crippen molar-refractivity contribution in [2.24, 2.45) is 11.5 Å². The smallest absolute Gasteiger partial charge is 0.169 e. The highest BCUT2D eigenvalue weighted by molar-refractivity contribution is 5.50. The molecule has 2 rings (SSSR count). The third-order valence-electron chi connectivity index (χ3n) is 1.97. The van der Waals surface area contributed by atoms with Gasteiger partial charge in [0.1, 0.15) is 11.5 Å². The Kier molecular flexibility index (Phi) is 2.39. The lowest BCUT2D eigenvalue weighted by Crippen LogP contribution is -1.92. The Hall–Kier alpha value is -1.52. The second-order valence-corrected chi connectivity index (χ2v) is 2.94. The normalized spacial score (nSPS) is 10.7. The van der Waals surface area contributed by atoms with E-state index >= 15 is 0 Å². The molecule has 74 valence electrons. The molecule has 0 radical (unpaired) electrons. The summed E-state index contributed by atoms with van der Waals surface area (Å²) in [4.78, 5) is 0. The van der Waals surface area contributed by atoms with Crippen LogP contribution in [0.4, 0.5) is 0 Å². The fourth-order valence-corrected chi connectivity index (χ4v) is 1.24. The quantitative estimate of drug-likeness (QED) is 0.771. The highest BCUT2D eigenvalue weighted by Crippen LogP contribution is 2.24. The van der Waals surface area contributed by atoms with Gasteiger partial charge >= 0.3 is 0 Å². The second kappa shape index (κ2) is 3.69. The Labute approximate surface area is 81.5 Å². The van der Waals surface area contributed by atoms with Crippen LogP contribution in [0.25, 0.3) is 11.5 Å². The van der Waals surface area contributed by atoms with Gasteiger partial charge in [0, 0.05) is 0 Å². The molecule has 2 heterocycles. The van der Waals surface area contributed by atoms with Crippen molar-refractivity contribution in [1.82, 2.24) is 0 Å². The van der Waals surface area contributed by atoms with Crippen molar-refractivity contribution in [1.29, 1.82) is 0 Å². The Morgan fingerprint density at radius 1 is 0.786 bits per heavy atom. The second-order valence-electron chi connectivity index (χ2n) is 2.94. The molecule has 0 saturated carbocycles. The monoisotopic (exact) mass is 192 g/mol. The number of nitrogens with two attached hydrogens (primary N) is 2. The molecule has 0 fully saturated rings. The molecule has 0 aromatic carbocycles. The zero-order valence-electron chi connectivity index (χ0n) is 7.69. The first-order chi connectivity index (χ1) is 6.83. The van der Waals surface area contributed by atoms with E-state index in [9.17, 15) is 0 Å². The number of rotatable bonds is 3. The zero-order chi connectivity index (χ0) is 9.97. The van der Waals surface area contributed by atoms with Gasteiger partial charge in [-0.05, 0) is 24.3 Å². The summed E-state index contributed by atoms with van der Waals surface area (Å²) in [7, 11) is 0. The lowest BCUT2D eigenvalue weighted by atomic mass is 10.3. The molecule has 4 heteroatoms. The minimum absolute atomic E-state index is 0.393. The fourth-order valence-electron chi connectivity index (χ4n) is 1.24. The molecule has 0 amide bonds. The van der Waals surface area contributed by atoms with Crippen molar-refractivity contribution < 1.29 is 8.83 Å². The van der Waals surface area contributed by atoms with Crippen molar-refractivity contribution in [2.75, 3.05) is 0 Å². The largest absolute Gasteiger partial charge is 0.456 e. The molecule has 0 unspecified atom stereocenters. The summed E-state index contributed by atoms with van der Waals surface area (Å²) in [6, 6.07) is 7.34. The first kappa shape index (κ1) is 9.05. The van der Waals surface area contributed by atoms with Gasteiger partial charge in [-0.25, -0.2) is 0 Å². The molecule has 0 spiro atoms. The summed E-state index contributed by atoms with van der Waals surface area (Å²) in [5.74, 6) is 2.85. The highest BCUT2D eigenvalue weighted by atomic mass is 16.4. The van der Waals surface area contributed by atoms with E-state index < -0.39 is 0 Å². The van der Waals surface area contributed by atoms with E-state index in [-0.39, 0.29) is 0 Å². The van der Waals surface area contributed by atoms with Crippen LogP contribution in [-0.2, 0) is 13.1 Å². The van der Waals surface area contributed by atoms with Gasteiger partial charge in [0.2, 0.25) is 0 Å². The SMILES string of the molecule is NCc1ccc(-c2ccc(CN)o2)o1. The van der Waals surface area contributed by atoms with Gasteiger partial charge in [-0.2, -0.15) is 0 Å². The average molecular weight is 192 g/mol. The van der Waals surface area contributed by atoms with E-state index in [1.54, 1.807) is 0 Å². The molecule has 0 saturated heterocycles. The molecular weight excluding hydrogens is 180 g/mol. The Bertz CT molecular complexity index is 377. The first-order valence-electron chi connectivity index (χ1n) is 4.41. The number of furan rings is 2. The zero-order valence-corrected chi connectivity index (χ0v) is 7.69. The fraction of sp³-hybridized carbons (Fsp3) is 0.200. The van der Waals surface area contributed by atoms with Gasteiger partial charge in [-0.1, -0.05) is 0 Å². The molecule has 0 bridgehead atoms. The summed E-state index contributed by atoms with van der Waals surface area (Å²) in [6.07, 6.45) is 0.